The van der Waals surface area contributed by atoms with Gasteiger partial charge in [0, 0.05) is 6.04 Å². The predicted molar refractivity (Wildman–Crippen MR) is 88.0 cm³/mol. The van der Waals surface area contributed by atoms with Crippen molar-refractivity contribution in [3.63, 3.8) is 0 Å². The van der Waals surface area contributed by atoms with E-state index in [0.717, 1.165) is 17.9 Å². The zero-order chi connectivity index (χ0) is 17.4. The largest absolute Gasteiger partial charge is 0.468 e. The van der Waals surface area contributed by atoms with E-state index in [0.29, 0.717) is 13.1 Å². The zero-order valence-electron chi connectivity index (χ0n) is 14.0. The average Bonchev–Trinajstić information content (AvgIpc) is 3.20. The van der Waals surface area contributed by atoms with Crippen molar-refractivity contribution < 1.29 is 18.4 Å². The van der Waals surface area contributed by atoms with Crippen LogP contribution in [0.1, 0.15) is 31.8 Å². The highest BCUT2D eigenvalue weighted by Gasteiger charge is 2.17. The molecule has 2 aromatic rings. The normalized spacial score (nSPS) is 12.1. The first-order chi connectivity index (χ1) is 11.6. The summed E-state index contributed by atoms with van der Waals surface area (Å²) in [6, 6.07) is 6.79. The molecule has 0 bridgehead atoms. The molecule has 2 aromatic heterocycles. The highest BCUT2D eigenvalue weighted by atomic mass is 16.3. The first kappa shape index (κ1) is 17.8. The summed E-state index contributed by atoms with van der Waals surface area (Å²) < 4.78 is 10.7. The number of furan rings is 2. The second-order valence-corrected chi connectivity index (χ2v) is 5.63. The molecule has 0 saturated carbocycles. The van der Waals surface area contributed by atoms with Crippen LogP contribution in [0.3, 0.4) is 0 Å². The fourth-order valence-electron chi connectivity index (χ4n) is 2.14. The van der Waals surface area contributed by atoms with Crippen molar-refractivity contribution in [2.24, 2.45) is 0 Å². The van der Waals surface area contributed by atoms with Crippen molar-refractivity contribution in [1.29, 1.82) is 0 Å². The summed E-state index contributed by atoms with van der Waals surface area (Å²) in [4.78, 5) is 25.7. The molecule has 0 fully saturated rings. The Morgan fingerprint density at radius 3 is 2.17 bits per heavy atom. The molecule has 0 aliphatic rings. The Bertz CT molecular complexity index is 586. The van der Waals surface area contributed by atoms with E-state index >= 15 is 0 Å². The maximum Gasteiger partial charge on any atom is 0.321 e. The molecule has 2 heterocycles. The van der Waals surface area contributed by atoms with Gasteiger partial charge in [0.1, 0.15) is 11.5 Å². The van der Waals surface area contributed by atoms with Gasteiger partial charge in [-0.05, 0) is 37.6 Å². The second-order valence-electron chi connectivity index (χ2n) is 5.63. The third-order valence-corrected chi connectivity index (χ3v) is 3.53. The quantitative estimate of drug-likeness (QED) is 0.775. The van der Waals surface area contributed by atoms with Gasteiger partial charge in [-0.1, -0.05) is 6.92 Å². The Morgan fingerprint density at radius 1 is 1.12 bits per heavy atom. The van der Waals surface area contributed by atoms with Crippen molar-refractivity contribution >= 4 is 11.9 Å². The third kappa shape index (κ3) is 5.92. The van der Waals surface area contributed by atoms with Crippen molar-refractivity contribution in [3.05, 3.63) is 48.3 Å². The molecule has 0 aromatic carbocycles. The Labute approximate surface area is 141 Å². The summed E-state index contributed by atoms with van der Waals surface area (Å²) in [6.07, 6.45) is 3.96. The van der Waals surface area contributed by atoms with Crippen LogP contribution >= 0.6 is 0 Å². The molecule has 7 nitrogen and oxygen atoms in total. The minimum absolute atomic E-state index is 0.0140. The minimum Gasteiger partial charge on any atom is -0.468 e. The van der Waals surface area contributed by atoms with Crippen LogP contribution in [0.4, 0.5) is 4.79 Å². The Kier molecular flexibility index (Phi) is 6.62. The van der Waals surface area contributed by atoms with Crippen molar-refractivity contribution in [1.82, 2.24) is 15.5 Å². The smallest absolute Gasteiger partial charge is 0.321 e. The standard InChI is InChI=1S/C17H23N3O4/c1-3-13(2)18-17(22)19-16(21)12-20(10-14-6-4-8-23-14)11-15-7-5-9-24-15/h4-9,13H,3,10-12H2,1-2H3,(H2,18,19,21,22)/t13-/m1/s1. The van der Waals surface area contributed by atoms with Crippen molar-refractivity contribution in [2.45, 2.75) is 39.4 Å². The summed E-state index contributed by atoms with van der Waals surface area (Å²) in [5.41, 5.74) is 0. The third-order valence-electron chi connectivity index (χ3n) is 3.53. The van der Waals surface area contributed by atoms with Crippen LogP contribution in [0.25, 0.3) is 0 Å². The van der Waals surface area contributed by atoms with Gasteiger partial charge in [-0.3, -0.25) is 15.0 Å². The molecule has 2 N–H and O–H groups in total. The van der Waals surface area contributed by atoms with E-state index in [1.54, 1.807) is 24.7 Å². The monoisotopic (exact) mass is 333 g/mol. The Balaban J connectivity index is 1.91. The number of amides is 3. The summed E-state index contributed by atoms with van der Waals surface area (Å²) in [5, 5.41) is 5.04. The van der Waals surface area contributed by atoms with Crippen LogP contribution in [0.5, 0.6) is 0 Å². The van der Waals surface area contributed by atoms with E-state index in [4.69, 9.17) is 8.83 Å². The summed E-state index contributed by atoms with van der Waals surface area (Å²) in [7, 11) is 0. The molecule has 130 valence electrons. The number of imide groups is 1. The van der Waals surface area contributed by atoms with Gasteiger partial charge in [0.15, 0.2) is 0 Å². The van der Waals surface area contributed by atoms with Crippen LogP contribution in [0, 0.1) is 0 Å². The van der Waals surface area contributed by atoms with Crippen LogP contribution in [-0.4, -0.2) is 29.4 Å². The number of hydrogen-bond acceptors (Lipinski definition) is 5. The maximum absolute atomic E-state index is 12.1. The molecular formula is C17H23N3O4. The summed E-state index contributed by atoms with van der Waals surface area (Å²) in [6.45, 7) is 4.77. The van der Waals surface area contributed by atoms with E-state index in [-0.39, 0.29) is 18.5 Å². The number of rotatable bonds is 8. The van der Waals surface area contributed by atoms with Crippen LogP contribution in [-0.2, 0) is 17.9 Å². The molecule has 0 spiro atoms. The topological polar surface area (TPSA) is 87.7 Å². The molecule has 0 unspecified atom stereocenters. The highest BCUT2D eigenvalue weighted by Crippen LogP contribution is 2.10. The van der Waals surface area contributed by atoms with Gasteiger partial charge in [-0.15, -0.1) is 0 Å². The van der Waals surface area contributed by atoms with Gasteiger partial charge < -0.3 is 14.2 Å². The minimum atomic E-state index is -0.481. The Morgan fingerprint density at radius 2 is 1.71 bits per heavy atom. The number of nitrogens with one attached hydrogen (secondary N) is 2. The van der Waals surface area contributed by atoms with E-state index in [1.165, 1.54) is 0 Å². The lowest BCUT2D eigenvalue weighted by Crippen LogP contribution is -2.46. The fraction of sp³-hybridized carbons (Fsp3) is 0.412. The van der Waals surface area contributed by atoms with Gasteiger partial charge in [0.25, 0.3) is 0 Å². The highest BCUT2D eigenvalue weighted by molar-refractivity contribution is 5.95. The van der Waals surface area contributed by atoms with E-state index in [9.17, 15) is 9.59 Å². The number of carbonyl (C=O) groups excluding carboxylic acids is 2. The van der Waals surface area contributed by atoms with Crippen LogP contribution < -0.4 is 10.6 Å². The molecule has 3 amide bonds. The predicted octanol–water partition coefficient (Wildman–Crippen LogP) is 2.50. The molecule has 1 atom stereocenters. The lowest BCUT2D eigenvalue weighted by Gasteiger charge is -2.19. The van der Waals surface area contributed by atoms with Crippen LogP contribution in [0.2, 0.25) is 0 Å². The molecule has 0 aliphatic carbocycles. The molecular weight excluding hydrogens is 310 g/mol. The number of nitrogens with zero attached hydrogens (tertiary/aromatic N) is 1. The van der Waals surface area contributed by atoms with E-state index in [2.05, 4.69) is 10.6 Å². The molecule has 7 heteroatoms. The van der Waals surface area contributed by atoms with Gasteiger partial charge in [0.05, 0.1) is 32.2 Å². The molecule has 0 saturated heterocycles. The zero-order valence-corrected chi connectivity index (χ0v) is 14.0. The second kappa shape index (κ2) is 8.93. The summed E-state index contributed by atoms with van der Waals surface area (Å²) in [5.74, 6) is 1.09. The van der Waals surface area contributed by atoms with E-state index < -0.39 is 6.03 Å². The Hall–Kier alpha value is -2.54. The average molecular weight is 333 g/mol. The van der Waals surface area contributed by atoms with Gasteiger partial charge in [-0.25, -0.2) is 4.79 Å². The number of hydrogen-bond donors (Lipinski definition) is 2. The van der Waals surface area contributed by atoms with E-state index in [1.807, 2.05) is 30.9 Å². The maximum atomic E-state index is 12.1. The fourth-order valence-corrected chi connectivity index (χ4v) is 2.14. The summed E-state index contributed by atoms with van der Waals surface area (Å²) >= 11 is 0. The van der Waals surface area contributed by atoms with Crippen molar-refractivity contribution in [3.8, 4) is 0 Å². The van der Waals surface area contributed by atoms with Crippen LogP contribution in [0.15, 0.2) is 45.6 Å². The van der Waals surface area contributed by atoms with Gasteiger partial charge in [0.2, 0.25) is 5.91 Å². The number of carbonyl (C=O) groups is 2. The van der Waals surface area contributed by atoms with Gasteiger partial charge in [-0.2, -0.15) is 0 Å². The van der Waals surface area contributed by atoms with Gasteiger partial charge >= 0.3 is 6.03 Å². The first-order valence-corrected chi connectivity index (χ1v) is 7.94. The molecule has 24 heavy (non-hydrogen) atoms. The molecule has 0 aliphatic heterocycles. The first-order valence-electron chi connectivity index (χ1n) is 7.94. The van der Waals surface area contributed by atoms with Crippen molar-refractivity contribution in [2.75, 3.05) is 6.54 Å². The number of urea groups is 1. The SMILES string of the molecule is CC[C@@H](C)NC(=O)NC(=O)CN(Cc1ccco1)Cc1ccco1. The lowest BCUT2D eigenvalue weighted by molar-refractivity contribution is -0.121. The molecule has 0 radical (unpaired) electrons. The lowest BCUT2D eigenvalue weighted by atomic mass is 10.3. The molecule has 2 rings (SSSR count).